The molecule has 1 heterocycles. The van der Waals surface area contributed by atoms with Crippen molar-refractivity contribution in [1.82, 2.24) is 4.90 Å². The summed E-state index contributed by atoms with van der Waals surface area (Å²) in [5.41, 5.74) is 1.06. The van der Waals surface area contributed by atoms with Gasteiger partial charge in [0.2, 0.25) is 0 Å². The minimum atomic E-state index is -0.415. The van der Waals surface area contributed by atoms with Gasteiger partial charge in [0, 0.05) is 19.1 Å². The highest BCUT2D eigenvalue weighted by atomic mass is 19.1. The normalized spacial score (nSPS) is 23.4. The third-order valence-electron chi connectivity index (χ3n) is 3.47. The van der Waals surface area contributed by atoms with Gasteiger partial charge >= 0.3 is 0 Å². The van der Waals surface area contributed by atoms with Gasteiger partial charge in [0.1, 0.15) is 5.82 Å². The Morgan fingerprint density at radius 3 is 2.74 bits per heavy atom. The first-order valence-electron chi connectivity index (χ1n) is 6.50. The van der Waals surface area contributed by atoms with E-state index in [9.17, 15) is 9.50 Å². The summed E-state index contributed by atoms with van der Waals surface area (Å²) < 4.78 is 14.1. The second-order valence-electron chi connectivity index (χ2n) is 5.40. The monoisotopic (exact) mass is 268 g/mol. The third-order valence-corrected chi connectivity index (χ3v) is 3.47. The molecule has 1 saturated heterocycles. The summed E-state index contributed by atoms with van der Waals surface area (Å²) in [5.74, 6) is -0.343. The van der Waals surface area contributed by atoms with Gasteiger partial charge in [0.05, 0.1) is 18.4 Å². The van der Waals surface area contributed by atoms with Crippen LogP contribution in [0.25, 0.3) is 0 Å². The largest absolute Gasteiger partial charge is 0.392 e. The Bertz CT molecular complexity index is 439. The van der Waals surface area contributed by atoms with E-state index >= 15 is 0 Å². The van der Waals surface area contributed by atoms with Gasteiger partial charge in [-0.3, -0.25) is 0 Å². The van der Waals surface area contributed by atoms with Gasteiger partial charge in [-0.05, 0) is 38.2 Å². The summed E-state index contributed by atoms with van der Waals surface area (Å²) in [4.78, 5) is 3.96. The number of β-amino-alcohol motifs (C(OH)–C–C–N with tert-alkyl or cyclic N) is 1. The zero-order valence-electron chi connectivity index (χ0n) is 11.4. The van der Waals surface area contributed by atoms with Gasteiger partial charge in [0.25, 0.3) is 0 Å². The summed E-state index contributed by atoms with van der Waals surface area (Å²) in [6, 6.07) is 4.86. The number of nitrogens with zero attached hydrogens (tertiary/aromatic N) is 2. The third kappa shape index (κ3) is 3.23. The van der Waals surface area contributed by atoms with Crippen LogP contribution in [0.5, 0.6) is 0 Å². The Labute approximate surface area is 113 Å². The molecule has 2 atom stereocenters. The fraction of sp³-hybridized carbons (Fsp3) is 0.571. The van der Waals surface area contributed by atoms with Crippen LogP contribution in [0, 0.1) is 5.82 Å². The Morgan fingerprint density at radius 2 is 2.16 bits per heavy atom. The second-order valence-corrected chi connectivity index (χ2v) is 5.40. The molecule has 5 heteroatoms. The highest BCUT2D eigenvalue weighted by Crippen LogP contribution is 2.29. The highest BCUT2D eigenvalue weighted by Gasteiger charge is 2.32. The SMILES string of the molecule is CN(C)CC1CC(O)CN1c1ccc(CO)cc1F. The molecule has 0 spiro atoms. The Balaban J connectivity index is 2.23. The van der Waals surface area contributed by atoms with Crippen LogP contribution in [0.3, 0.4) is 0 Å². The van der Waals surface area contributed by atoms with Crippen molar-refractivity contribution < 1.29 is 14.6 Å². The molecule has 0 radical (unpaired) electrons. The lowest BCUT2D eigenvalue weighted by Crippen LogP contribution is -2.38. The van der Waals surface area contributed by atoms with E-state index in [1.54, 1.807) is 12.1 Å². The molecule has 0 amide bonds. The van der Waals surface area contributed by atoms with Crippen molar-refractivity contribution in [3.8, 4) is 0 Å². The summed E-state index contributed by atoms with van der Waals surface area (Å²) >= 11 is 0. The number of likely N-dealkylation sites (N-methyl/N-ethyl adjacent to an activating group) is 1. The van der Waals surface area contributed by atoms with E-state index in [0.29, 0.717) is 24.2 Å². The first-order chi connectivity index (χ1) is 9.01. The van der Waals surface area contributed by atoms with E-state index < -0.39 is 6.10 Å². The molecule has 0 saturated carbocycles. The number of benzene rings is 1. The van der Waals surface area contributed by atoms with Crippen molar-refractivity contribution in [3.05, 3.63) is 29.6 Å². The molecule has 2 N–H and O–H groups in total. The van der Waals surface area contributed by atoms with Crippen molar-refractivity contribution in [3.63, 3.8) is 0 Å². The number of aliphatic hydroxyl groups is 2. The van der Waals surface area contributed by atoms with E-state index in [-0.39, 0.29) is 18.5 Å². The van der Waals surface area contributed by atoms with Gasteiger partial charge < -0.3 is 20.0 Å². The first kappa shape index (κ1) is 14.2. The van der Waals surface area contributed by atoms with Crippen LogP contribution >= 0.6 is 0 Å². The van der Waals surface area contributed by atoms with E-state index in [1.807, 2.05) is 23.9 Å². The fourth-order valence-electron chi connectivity index (χ4n) is 2.66. The van der Waals surface area contributed by atoms with E-state index in [2.05, 4.69) is 0 Å². The standard InChI is InChI=1S/C14H21FN2O2/c1-16(2)7-11-6-12(19)8-17(11)14-4-3-10(9-18)5-13(14)15/h3-5,11-12,18-19H,6-9H2,1-2H3. The molecule has 1 aromatic rings. The molecule has 1 aromatic carbocycles. The second kappa shape index (κ2) is 5.86. The number of hydrogen-bond donors (Lipinski definition) is 2. The highest BCUT2D eigenvalue weighted by molar-refractivity contribution is 5.51. The van der Waals surface area contributed by atoms with Crippen LogP contribution in [-0.2, 0) is 6.61 Å². The predicted molar refractivity (Wildman–Crippen MR) is 72.6 cm³/mol. The molecule has 2 rings (SSSR count). The predicted octanol–water partition coefficient (Wildman–Crippen LogP) is 0.819. The van der Waals surface area contributed by atoms with Crippen molar-refractivity contribution >= 4 is 5.69 Å². The minimum Gasteiger partial charge on any atom is -0.392 e. The van der Waals surface area contributed by atoms with Gasteiger partial charge in [-0.1, -0.05) is 6.07 Å². The smallest absolute Gasteiger partial charge is 0.146 e. The maximum atomic E-state index is 14.1. The number of aliphatic hydroxyl groups excluding tert-OH is 2. The molecule has 2 unspecified atom stereocenters. The van der Waals surface area contributed by atoms with Crippen molar-refractivity contribution in [2.24, 2.45) is 0 Å². The van der Waals surface area contributed by atoms with Crippen LogP contribution < -0.4 is 4.90 Å². The maximum Gasteiger partial charge on any atom is 0.146 e. The summed E-state index contributed by atoms with van der Waals surface area (Å²) in [5, 5.41) is 18.8. The molecule has 1 aliphatic rings. The quantitative estimate of drug-likeness (QED) is 0.849. The van der Waals surface area contributed by atoms with Crippen LogP contribution in [0.1, 0.15) is 12.0 Å². The topological polar surface area (TPSA) is 46.9 Å². The van der Waals surface area contributed by atoms with Gasteiger partial charge in [-0.15, -0.1) is 0 Å². The van der Waals surface area contributed by atoms with Gasteiger partial charge in [-0.2, -0.15) is 0 Å². The molecule has 106 valence electrons. The molecule has 0 aliphatic carbocycles. The van der Waals surface area contributed by atoms with E-state index in [1.165, 1.54) is 6.07 Å². The van der Waals surface area contributed by atoms with Crippen molar-refractivity contribution in [2.75, 3.05) is 32.1 Å². The molecule has 0 aromatic heterocycles. The van der Waals surface area contributed by atoms with E-state index in [0.717, 1.165) is 6.54 Å². The van der Waals surface area contributed by atoms with Crippen LogP contribution in [-0.4, -0.2) is 54.4 Å². The molecule has 4 nitrogen and oxygen atoms in total. The van der Waals surface area contributed by atoms with Crippen molar-refractivity contribution in [1.29, 1.82) is 0 Å². The fourth-order valence-corrected chi connectivity index (χ4v) is 2.66. The molecular formula is C14H21FN2O2. The Morgan fingerprint density at radius 1 is 1.42 bits per heavy atom. The van der Waals surface area contributed by atoms with Crippen LogP contribution in [0.4, 0.5) is 10.1 Å². The average molecular weight is 268 g/mol. The Kier molecular flexibility index (Phi) is 4.39. The van der Waals surface area contributed by atoms with Crippen molar-refractivity contribution in [2.45, 2.75) is 25.2 Å². The first-order valence-corrected chi connectivity index (χ1v) is 6.50. The lowest BCUT2D eigenvalue weighted by molar-refractivity contribution is 0.191. The van der Waals surface area contributed by atoms with Crippen LogP contribution in [0.15, 0.2) is 18.2 Å². The number of hydrogen-bond acceptors (Lipinski definition) is 4. The number of rotatable bonds is 4. The average Bonchev–Trinajstić information content (AvgIpc) is 2.69. The molecule has 19 heavy (non-hydrogen) atoms. The van der Waals surface area contributed by atoms with Gasteiger partial charge in [-0.25, -0.2) is 4.39 Å². The Hall–Kier alpha value is -1.17. The number of anilines is 1. The number of halogens is 1. The zero-order valence-corrected chi connectivity index (χ0v) is 11.4. The molecule has 1 fully saturated rings. The lowest BCUT2D eigenvalue weighted by atomic mass is 10.1. The van der Waals surface area contributed by atoms with E-state index in [4.69, 9.17) is 5.11 Å². The summed E-state index contributed by atoms with van der Waals surface area (Å²) in [6.07, 6.45) is 0.237. The summed E-state index contributed by atoms with van der Waals surface area (Å²) in [6.45, 7) is 1.06. The zero-order chi connectivity index (χ0) is 14.0. The molecule has 0 bridgehead atoms. The summed E-state index contributed by atoms with van der Waals surface area (Å²) in [7, 11) is 3.93. The minimum absolute atomic E-state index is 0.111. The molecule has 1 aliphatic heterocycles. The maximum absolute atomic E-state index is 14.1. The lowest BCUT2D eigenvalue weighted by Gasteiger charge is -2.29. The van der Waals surface area contributed by atoms with Gasteiger partial charge in [0.15, 0.2) is 0 Å². The van der Waals surface area contributed by atoms with Crippen LogP contribution in [0.2, 0.25) is 0 Å². The molecular weight excluding hydrogens is 247 g/mol.